The first-order valence-electron chi connectivity index (χ1n) is 11.8. The van der Waals surface area contributed by atoms with Crippen LogP contribution in [0, 0.1) is 13.8 Å². The highest BCUT2D eigenvalue weighted by Crippen LogP contribution is 2.29. The molecule has 176 valence electrons. The summed E-state index contributed by atoms with van der Waals surface area (Å²) in [6.45, 7) is 5.06. The van der Waals surface area contributed by atoms with Crippen molar-refractivity contribution in [3.8, 4) is 5.69 Å². The summed E-state index contributed by atoms with van der Waals surface area (Å²) in [5.74, 6) is 0. The molecule has 1 saturated heterocycles. The number of fused-ring (bicyclic) bond motifs is 1. The Kier molecular flexibility index (Phi) is 6.16. The molecule has 1 fully saturated rings. The van der Waals surface area contributed by atoms with E-state index in [-0.39, 0.29) is 24.8 Å². The number of hydrogen-bond donors (Lipinski definition) is 1. The number of carbonyl (C=O) groups excluding carboxylic acids is 1. The summed E-state index contributed by atoms with van der Waals surface area (Å²) in [6, 6.07) is 20.6. The van der Waals surface area contributed by atoms with E-state index in [1.807, 2.05) is 35.2 Å². The van der Waals surface area contributed by atoms with E-state index in [1.165, 1.54) is 22.3 Å². The molecule has 0 spiro atoms. The smallest absolute Gasteiger partial charge is 0.410 e. The van der Waals surface area contributed by atoms with Crippen LogP contribution >= 0.6 is 0 Å². The summed E-state index contributed by atoms with van der Waals surface area (Å²) >= 11 is 0. The molecule has 34 heavy (non-hydrogen) atoms. The van der Waals surface area contributed by atoms with Crippen LogP contribution in [-0.4, -0.2) is 46.3 Å². The Morgan fingerprint density at radius 3 is 2.56 bits per heavy atom. The van der Waals surface area contributed by atoms with Gasteiger partial charge < -0.3 is 23.9 Å². The number of rotatable bonds is 6. The number of nitrogens with zero attached hydrogens (tertiary/aromatic N) is 2. The van der Waals surface area contributed by atoms with E-state index in [1.54, 1.807) is 7.11 Å². The molecule has 0 bridgehead atoms. The lowest BCUT2D eigenvalue weighted by atomic mass is 10.0. The van der Waals surface area contributed by atoms with Crippen LogP contribution in [0.2, 0.25) is 0 Å². The first-order chi connectivity index (χ1) is 16.5. The van der Waals surface area contributed by atoms with Crippen LogP contribution in [0.5, 0.6) is 0 Å². The average molecular weight is 458 g/mol. The number of carbonyl (C=O) groups is 1. The molecule has 1 aliphatic rings. The number of nitrogens with one attached hydrogen (secondary N) is 1. The molecule has 4 aromatic rings. The van der Waals surface area contributed by atoms with Crippen LogP contribution < -0.4 is 0 Å². The van der Waals surface area contributed by atoms with Gasteiger partial charge in [0.2, 0.25) is 0 Å². The number of hydrogen-bond acceptors (Lipinski definition) is 3. The van der Waals surface area contributed by atoms with Gasteiger partial charge in [-0.3, -0.25) is 0 Å². The second-order valence-electron chi connectivity index (χ2n) is 9.14. The number of methoxy groups -OCH3 is 1. The van der Waals surface area contributed by atoms with Crippen molar-refractivity contribution >= 4 is 17.0 Å². The van der Waals surface area contributed by atoms with Gasteiger partial charge in [-0.15, -0.1) is 0 Å². The Morgan fingerprint density at radius 1 is 1.06 bits per heavy atom. The molecule has 0 unspecified atom stereocenters. The fourth-order valence-electron chi connectivity index (χ4n) is 5.07. The number of benzene rings is 2. The van der Waals surface area contributed by atoms with Crippen LogP contribution in [0.25, 0.3) is 16.6 Å². The highest BCUT2D eigenvalue weighted by molar-refractivity contribution is 5.85. The van der Waals surface area contributed by atoms with Gasteiger partial charge in [-0.1, -0.05) is 30.3 Å². The first-order valence-corrected chi connectivity index (χ1v) is 11.8. The van der Waals surface area contributed by atoms with Crippen molar-refractivity contribution in [2.75, 3.05) is 13.7 Å². The van der Waals surface area contributed by atoms with Crippen molar-refractivity contribution in [3.05, 3.63) is 89.4 Å². The fraction of sp³-hybridized carbons (Fsp3) is 0.321. The quantitative estimate of drug-likeness (QED) is 0.413. The largest absolute Gasteiger partial charge is 0.445 e. The highest BCUT2D eigenvalue weighted by atomic mass is 16.6. The van der Waals surface area contributed by atoms with Gasteiger partial charge in [0.1, 0.15) is 6.61 Å². The molecule has 6 nitrogen and oxygen atoms in total. The van der Waals surface area contributed by atoms with Crippen molar-refractivity contribution in [1.82, 2.24) is 14.5 Å². The Balaban J connectivity index is 1.37. The number of ether oxygens (including phenoxy) is 2. The zero-order chi connectivity index (χ0) is 23.7. The standard InChI is InChI=1S/C28H31N3O3/c1-19-9-10-20(2)31(19)23-11-12-27-26(15-23)22(16-29-27)13-24-14-25(33-3)17-30(24)28(32)34-18-21-7-5-4-6-8-21/h4-12,15-16,24-25,29H,13-14,17-18H2,1-3H3/t24-,25-/m1/s1. The second kappa shape index (κ2) is 9.39. The number of aryl methyl sites for hydroxylation is 2. The van der Waals surface area contributed by atoms with Crippen molar-refractivity contribution in [3.63, 3.8) is 0 Å². The molecule has 1 aliphatic heterocycles. The maximum Gasteiger partial charge on any atom is 0.410 e. The minimum atomic E-state index is -0.285. The monoisotopic (exact) mass is 457 g/mol. The zero-order valence-electron chi connectivity index (χ0n) is 20.0. The summed E-state index contributed by atoms with van der Waals surface area (Å²) in [5, 5.41) is 1.18. The Labute approximate surface area is 200 Å². The van der Waals surface area contributed by atoms with Gasteiger partial charge in [-0.05, 0) is 68.1 Å². The predicted octanol–water partition coefficient (Wildman–Crippen LogP) is 5.54. The molecule has 2 atom stereocenters. The molecule has 2 aromatic heterocycles. The highest BCUT2D eigenvalue weighted by Gasteiger charge is 2.36. The lowest BCUT2D eigenvalue weighted by Crippen LogP contribution is -2.37. The SMILES string of the molecule is CO[C@@H]1C[C@@H](Cc2c[nH]c3ccc(-n4c(C)ccc4C)cc23)N(C(=O)OCc2ccccc2)C1. The molecule has 6 heteroatoms. The molecule has 0 radical (unpaired) electrons. The van der Waals surface area contributed by atoms with Gasteiger partial charge in [-0.25, -0.2) is 4.79 Å². The van der Waals surface area contributed by atoms with Gasteiger partial charge in [0.15, 0.2) is 0 Å². The number of H-pyrrole nitrogens is 1. The van der Waals surface area contributed by atoms with Crippen molar-refractivity contribution < 1.29 is 14.3 Å². The van der Waals surface area contributed by atoms with Gasteiger partial charge in [0.25, 0.3) is 0 Å². The minimum absolute atomic E-state index is 0.0141. The molecular formula is C28H31N3O3. The molecule has 3 heterocycles. The van der Waals surface area contributed by atoms with E-state index in [0.29, 0.717) is 6.54 Å². The summed E-state index contributed by atoms with van der Waals surface area (Å²) < 4.78 is 13.5. The number of amides is 1. The van der Waals surface area contributed by atoms with Crippen LogP contribution in [0.3, 0.4) is 0 Å². The lowest BCUT2D eigenvalue weighted by molar-refractivity contribution is 0.0801. The Hall–Kier alpha value is -3.51. The number of aromatic nitrogens is 2. The Bertz CT molecular complexity index is 1270. The van der Waals surface area contributed by atoms with Crippen molar-refractivity contribution in [2.45, 2.75) is 45.4 Å². The van der Waals surface area contributed by atoms with E-state index < -0.39 is 0 Å². The topological polar surface area (TPSA) is 59.5 Å². The molecule has 2 aromatic carbocycles. The summed E-state index contributed by atoms with van der Waals surface area (Å²) in [7, 11) is 1.71. The minimum Gasteiger partial charge on any atom is -0.445 e. The first kappa shape index (κ1) is 22.3. The predicted molar refractivity (Wildman–Crippen MR) is 133 cm³/mol. The van der Waals surface area contributed by atoms with Gasteiger partial charge in [-0.2, -0.15) is 0 Å². The maximum atomic E-state index is 13.0. The number of likely N-dealkylation sites (tertiary alicyclic amines) is 1. The normalized spacial score (nSPS) is 18.0. The van der Waals surface area contributed by atoms with Gasteiger partial charge >= 0.3 is 6.09 Å². The van der Waals surface area contributed by atoms with Crippen LogP contribution in [0.1, 0.15) is 28.9 Å². The summed E-state index contributed by atoms with van der Waals surface area (Å²) in [6.07, 6.45) is 3.33. The van der Waals surface area contributed by atoms with Gasteiger partial charge in [0, 0.05) is 47.3 Å². The second-order valence-corrected chi connectivity index (χ2v) is 9.14. The van der Waals surface area contributed by atoms with Crippen LogP contribution in [0.4, 0.5) is 4.79 Å². The van der Waals surface area contributed by atoms with Crippen molar-refractivity contribution in [2.24, 2.45) is 0 Å². The molecule has 5 rings (SSSR count). The molecule has 0 saturated carbocycles. The summed E-state index contributed by atoms with van der Waals surface area (Å²) in [4.78, 5) is 18.2. The average Bonchev–Trinajstić information content (AvgIpc) is 3.55. The van der Waals surface area contributed by atoms with E-state index in [4.69, 9.17) is 9.47 Å². The third-order valence-electron chi connectivity index (χ3n) is 6.88. The zero-order valence-corrected chi connectivity index (χ0v) is 20.0. The molecular weight excluding hydrogens is 426 g/mol. The lowest BCUT2D eigenvalue weighted by Gasteiger charge is -2.23. The third-order valence-corrected chi connectivity index (χ3v) is 6.88. The third kappa shape index (κ3) is 4.33. The van der Waals surface area contributed by atoms with Crippen LogP contribution in [-0.2, 0) is 22.5 Å². The van der Waals surface area contributed by atoms with E-state index in [0.717, 1.165) is 29.6 Å². The fourth-order valence-corrected chi connectivity index (χ4v) is 5.07. The van der Waals surface area contributed by atoms with E-state index in [9.17, 15) is 4.79 Å². The van der Waals surface area contributed by atoms with Gasteiger partial charge in [0.05, 0.1) is 12.6 Å². The molecule has 1 N–H and O–H groups in total. The maximum absolute atomic E-state index is 13.0. The molecule has 1 amide bonds. The Morgan fingerprint density at radius 2 is 1.82 bits per heavy atom. The van der Waals surface area contributed by atoms with E-state index >= 15 is 0 Å². The van der Waals surface area contributed by atoms with Crippen molar-refractivity contribution in [1.29, 1.82) is 0 Å². The van der Waals surface area contributed by atoms with Crippen LogP contribution in [0.15, 0.2) is 66.9 Å². The molecule has 0 aliphatic carbocycles. The number of aromatic amines is 1. The summed E-state index contributed by atoms with van der Waals surface area (Å²) in [5.41, 5.74) is 6.84. The van der Waals surface area contributed by atoms with E-state index in [2.05, 4.69) is 59.9 Å².